The molecule has 0 aliphatic carbocycles. The van der Waals surface area contributed by atoms with Crippen molar-refractivity contribution in [2.45, 2.75) is 456 Å². The number of hydrogen-bond donors (Lipinski definition) is 3. The van der Waals surface area contributed by atoms with Gasteiger partial charge in [0, 0.05) is 12.8 Å². The standard InChI is InChI=1S/C83H157NO5/c1-3-5-7-9-11-13-15-17-19-21-40-43-47-51-55-59-63-67-71-75-81(86)80(79-85)84-82(87)76-72-68-64-60-56-52-48-44-41-38-36-34-32-30-28-26-24-23-25-27-29-31-33-35-37-39-42-46-50-54-58-62-66-70-74-78-89-83(88)77-73-69-65-61-57-53-49-45-22-20-18-16-14-12-10-8-6-4-2/h20,22,25,27,31,33,71,75,80-81,85-86H,3-19,21,23-24,26,28-30,32,34-70,72-74,76-79H2,1-2H3,(H,84,87)/b22-20-,27-25-,33-31-,75-71+. The Bertz CT molecular complexity index is 1490. The van der Waals surface area contributed by atoms with Crippen molar-refractivity contribution >= 4 is 11.9 Å². The Balaban J connectivity index is 3.38. The average Bonchev–Trinajstić information content (AvgIpc) is 3.58. The highest BCUT2D eigenvalue weighted by molar-refractivity contribution is 5.76. The lowest BCUT2D eigenvalue weighted by molar-refractivity contribution is -0.143. The van der Waals surface area contributed by atoms with Crippen LogP contribution in [0.3, 0.4) is 0 Å². The fraction of sp³-hybridized carbons (Fsp3) is 0.880. The minimum absolute atomic E-state index is 0.0142. The normalized spacial score (nSPS) is 12.7. The molecule has 0 spiro atoms. The highest BCUT2D eigenvalue weighted by Crippen LogP contribution is 2.19. The van der Waals surface area contributed by atoms with Crippen LogP contribution < -0.4 is 5.32 Å². The minimum atomic E-state index is -0.844. The molecule has 0 heterocycles. The summed E-state index contributed by atoms with van der Waals surface area (Å²) in [4.78, 5) is 24.6. The van der Waals surface area contributed by atoms with Crippen LogP contribution in [-0.4, -0.2) is 47.4 Å². The number of allylic oxidation sites excluding steroid dienone is 7. The number of nitrogens with one attached hydrogen (secondary N) is 1. The summed E-state index contributed by atoms with van der Waals surface area (Å²) >= 11 is 0. The van der Waals surface area contributed by atoms with Crippen molar-refractivity contribution in [1.29, 1.82) is 0 Å². The lowest BCUT2D eigenvalue weighted by Crippen LogP contribution is -2.45. The summed E-state index contributed by atoms with van der Waals surface area (Å²) in [5.74, 6) is -0.0477. The largest absolute Gasteiger partial charge is 0.466 e. The van der Waals surface area contributed by atoms with Gasteiger partial charge in [0.2, 0.25) is 5.91 Å². The number of amides is 1. The van der Waals surface area contributed by atoms with Crippen molar-refractivity contribution in [1.82, 2.24) is 5.32 Å². The number of aliphatic hydroxyl groups is 2. The van der Waals surface area contributed by atoms with Crippen molar-refractivity contribution < 1.29 is 24.5 Å². The Hall–Kier alpha value is -2.18. The molecule has 0 aromatic rings. The number of ether oxygens (including phenoxy) is 1. The molecule has 0 bridgehead atoms. The maximum absolute atomic E-state index is 12.5. The van der Waals surface area contributed by atoms with Crippen LogP contribution in [0.15, 0.2) is 48.6 Å². The summed E-state index contributed by atoms with van der Waals surface area (Å²) < 4.78 is 5.51. The average molecular weight is 1250 g/mol. The smallest absolute Gasteiger partial charge is 0.305 e. The minimum Gasteiger partial charge on any atom is -0.466 e. The first kappa shape index (κ1) is 86.8. The van der Waals surface area contributed by atoms with E-state index in [0.717, 1.165) is 51.4 Å². The van der Waals surface area contributed by atoms with E-state index in [-0.39, 0.29) is 18.5 Å². The van der Waals surface area contributed by atoms with E-state index in [1.54, 1.807) is 6.08 Å². The van der Waals surface area contributed by atoms with Crippen LogP contribution in [0.2, 0.25) is 0 Å². The van der Waals surface area contributed by atoms with Crippen molar-refractivity contribution in [3.05, 3.63) is 48.6 Å². The van der Waals surface area contributed by atoms with Crippen LogP contribution in [0.25, 0.3) is 0 Å². The fourth-order valence-electron chi connectivity index (χ4n) is 12.7. The number of aliphatic hydroxyl groups excluding tert-OH is 2. The van der Waals surface area contributed by atoms with Gasteiger partial charge in [-0.3, -0.25) is 9.59 Å². The molecule has 0 aliphatic rings. The molecule has 3 N–H and O–H groups in total. The van der Waals surface area contributed by atoms with Crippen LogP contribution in [-0.2, 0) is 14.3 Å². The van der Waals surface area contributed by atoms with Gasteiger partial charge in [-0.05, 0) is 89.9 Å². The molecule has 0 aromatic heterocycles. The fourth-order valence-corrected chi connectivity index (χ4v) is 12.7. The van der Waals surface area contributed by atoms with Gasteiger partial charge in [0.25, 0.3) is 0 Å². The monoisotopic (exact) mass is 1250 g/mol. The zero-order valence-electron chi connectivity index (χ0n) is 60.2. The predicted molar refractivity (Wildman–Crippen MR) is 393 cm³/mol. The number of carbonyl (C=O) groups excluding carboxylic acids is 2. The summed E-state index contributed by atoms with van der Waals surface area (Å²) in [5.41, 5.74) is 0. The third kappa shape index (κ3) is 74.7. The Morgan fingerprint density at radius 1 is 0.315 bits per heavy atom. The maximum Gasteiger partial charge on any atom is 0.305 e. The van der Waals surface area contributed by atoms with E-state index in [1.165, 1.54) is 366 Å². The van der Waals surface area contributed by atoms with Crippen molar-refractivity contribution in [3.8, 4) is 0 Å². The molecule has 0 saturated heterocycles. The lowest BCUT2D eigenvalue weighted by atomic mass is 10.0. The van der Waals surface area contributed by atoms with E-state index >= 15 is 0 Å². The topological polar surface area (TPSA) is 95.9 Å². The van der Waals surface area contributed by atoms with Crippen molar-refractivity contribution in [2.75, 3.05) is 13.2 Å². The molecular weight excluding hydrogens is 1090 g/mol. The second-order valence-electron chi connectivity index (χ2n) is 27.7. The van der Waals surface area contributed by atoms with Crippen LogP contribution in [0, 0.1) is 0 Å². The molecule has 1 amide bonds. The third-order valence-electron chi connectivity index (χ3n) is 18.8. The molecule has 0 rings (SSSR count). The highest BCUT2D eigenvalue weighted by Gasteiger charge is 2.18. The van der Waals surface area contributed by atoms with Gasteiger partial charge < -0.3 is 20.3 Å². The molecule has 0 aliphatic heterocycles. The first-order valence-corrected chi connectivity index (χ1v) is 40.4. The molecule has 0 fully saturated rings. The molecule has 524 valence electrons. The zero-order chi connectivity index (χ0) is 64.2. The summed E-state index contributed by atoms with van der Waals surface area (Å²) in [7, 11) is 0. The second-order valence-corrected chi connectivity index (χ2v) is 27.7. The zero-order valence-corrected chi connectivity index (χ0v) is 60.2. The molecule has 0 radical (unpaired) electrons. The van der Waals surface area contributed by atoms with E-state index in [2.05, 4.69) is 55.6 Å². The van der Waals surface area contributed by atoms with Crippen LogP contribution >= 0.6 is 0 Å². The summed E-state index contributed by atoms with van der Waals surface area (Å²) in [6.45, 7) is 4.94. The first-order valence-electron chi connectivity index (χ1n) is 40.4. The third-order valence-corrected chi connectivity index (χ3v) is 18.8. The molecular formula is C83H157NO5. The van der Waals surface area contributed by atoms with Gasteiger partial charge >= 0.3 is 5.97 Å². The van der Waals surface area contributed by atoms with Crippen LogP contribution in [0.1, 0.15) is 444 Å². The van der Waals surface area contributed by atoms with Crippen molar-refractivity contribution in [2.24, 2.45) is 0 Å². The van der Waals surface area contributed by atoms with Crippen LogP contribution in [0.4, 0.5) is 0 Å². The van der Waals surface area contributed by atoms with E-state index in [9.17, 15) is 19.8 Å². The number of unbranched alkanes of at least 4 members (excludes halogenated alkanes) is 59. The van der Waals surface area contributed by atoms with Gasteiger partial charge in [0.05, 0.1) is 25.4 Å². The Morgan fingerprint density at radius 2 is 0.562 bits per heavy atom. The van der Waals surface area contributed by atoms with E-state index in [0.29, 0.717) is 19.4 Å². The Labute approximate surface area is 556 Å². The molecule has 0 saturated carbocycles. The van der Waals surface area contributed by atoms with Gasteiger partial charge in [-0.1, -0.05) is 390 Å². The summed E-state index contributed by atoms with van der Waals surface area (Å²) in [5, 5.41) is 23.3. The number of rotatable bonds is 76. The SMILES string of the molecule is CCCCCCCCC/C=C\CCCCCCCCCC(=O)OCCCCCCCCCCCCC/C=C\C/C=C\CCCCCCCCCCCCCCCCCCCC(=O)NC(CO)C(O)/C=C/CCCCCCCCCCCCCCCCCCC. The molecule has 2 atom stereocenters. The molecule has 6 nitrogen and oxygen atoms in total. The molecule has 0 aromatic carbocycles. The van der Waals surface area contributed by atoms with Gasteiger partial charge in [-0.25, -0.2) is 0 Å². The van der Waals surface area contributed by atoms with Gasteiger partial charge in [0.15, 0.2) is 0 Å². The predicted octanol–water partition coefficient (Wildman–Crippen LogP) is 26.8. The van der Waals surface area contributed by atoms with E-state index in [1.807, 2.05) is 6.08 Å². The Morgan fingerprint density at radius 3 is 0.865 bits per heavy atom. The Kier molecular flexibility index (Phi) is 76.3. The van der Waals surface area contributed by atoms with Gasteiger partial charge in [-0.2, -0.15) is 0 Å². The van der Waals surface area contributed by atoms with Crippen molar-refractivity contribution in [3.63, 3.8) is 0 Å². The van der Waals surface area contributed by atoms with Gasteiger partial charge in [0.1, 0.15) is 0 Å². The molecule has 89 heavy (non-hydrogen) atoms. The molecule has 2 unspecified atom stereocenters. The number of esters is 1. The number of hydrogen-bond acceptors (Lipinski definition) is 5. The second kappa shape index (κ2) is 78.3. The maximum atomic E-state index is 12.5. The van der Waals surface area contributed by atoms with E-state index in [4.69, 9.17) is 4.74 Å². The summed E-state index contributed by atoms with van der Waals surface area (Å²) in [6.07, 6.45) is 104. The number of carbonyl (C=O) groups is 2. The van der Waals surface area contributed by atoms with Gasteiger partial charge in [-0.15, -0.1) is 0 Å². The van der Waals surface area contributed by atoms with E-state index < -0.39 is 12.1 Å². The highest BCUT2D eigenvalue weighted by atomic mass is 16.5. The summed E-state index contributed by atoms with van der Waals surface area (Å²) in [6, 6.07) is -0.627. The quantitative estimate of drug-likeness (QED) is 0.0320. The molecule has 6 heteroatoms. The van der Waals surface area contributed by atoms with Crippen LogP contribution in [0.5, 0.6) is 0 Å². The first-order chi connectivity index (χ1) is 44.0. The lowest BCUT2D eigenvalue weighted by Gasteiger charge is -2.20.